The lowest BCUT2D eigenvalue weighted by Crippen LogP contribution is -2.41. The first-order valence-corrected chi connectivity index (χ1v) is 8.27. The Hall–Kier alpha value is -2.73. The van der Waals surface area contributed by atoms with E-state index in [-0.39, 0.29) is 37.2 Å². The molecule has 0 fully saturated rings. The number of hydrogen-bond donors (Lipinski definition) is 2. The Bertz CT molecular complexity index is 765. The van der Waals surface area contributed by atoms with Gasteiger partial charge in [-0.2, -0.15) is 0 Å². The second kappa shape index (κ2) is 9.10. The number of halogens is 1. The van der Waals surface area contributed by atoms with Crippen molar-refractivity contribution in [1.82, 2.24) is 5.32 Å². The zero-order valence-corrected chi connectivity index (χ0v) is 15.1. The highest BCUT2D eigenvalue weighted by atomic mass is 35.5. The number of nitrogens with one attached hydrogen (secondary N) is 1. The molecular weight excluding hydrogens is 354 g/mol. The van der Waals surface area contributed by atoms with Crippen LogP contribution in [0, 0.1) is 0 Å². The molecule has 2 aromatic rings. The van der Waals surface area contributed by atoms with E-state index in [0.717, 1.165) is 17.7 Å². The molecule has 138 valence electrons. The Morgan fingerprint density at radius 2 is 1.88 bits per heavy atom. The van der Waals surface area contributed by atoms with E-state index in [2.05, 4.69) is 5.32 Å². The van der Waals surface area contributed by atoms with Gasteiger partial charge >= 0.3 is 0 Å². The summed E-state index contributed by atoms with van der Waals surface area (Å²) in [4.78, 5) is 25.7. The second-order valence-corrected chi connectivity index (χ2v) is 5.89. The van der Waals surface area contributed by atoms with Crippen LogP contribution in [0.25, 0.3) is 0 Å². The Balaban J connectivity index is 0.00000243. The Kier molecular flexibility index (Phi) is 6.86. The number of ether oxygens (including phenoxy) is 1. The highest BCUT2D eigenvalue weighted by molar-refractivity contribution is 5.98. The molecule has 0 bridgehead atoms. The number of nitrogen functional groups attached to an aromatic ring is 1. The molecule has 3 rings (SSSR count). The van der Waals surface area contributed by atoms with Crippen molar-refractivity contribution < 1.29 is 14.3 Å². The van der Waals surface area contributed by atoms with E-state index in [9.17, 15) is 9.59 Å². The van der Waals surface area contributed by atoms with Crippen molar-refractivity contribution in [2.45, 2.75) is 12.8 Å². The number of fused-ring (bicyclic) bond motifs is 1. The van der Waals surface area contributed by atoms with Gasteiger partial charge in [0.2, 0.25) is 5.91 Å². The lowest BCUT2D eigenvalue weighted by molar-refractivity contribution is -0.122. The maximum absolute atomic E-state index is 12.1. The SMILES string of the molecule is Cl.Nc1ccc(CCNC(=O)CCN2C(=O)COc3ccccc32)cc1. The fourth-order valence-electron chi connectivity index (χ4n) is 2.73. The topological polar surface area (TPSA) is 84.7 Å². The van der Waals surface area contributed by atoms with E-state index in [1.807, 2.05) is 48.5 Å². The van der Waals surface area contributed by atoms with Crippen LogP contribution in [0.3, 0.4) is 0 Å². The number of benzene rings is 2. The van der Waals surface area contributed by atoms with Crippen LogP contribution in [-0.4, -0.2) is 31.5 Å². The number of anilines is 2. The summed E-state index contributed by atoms with van der Waals surface area (Å²) in [7, 11) is 0. The minimum absolute atomic E-state index is 0. The predicted molar refractivity (Wildman–Crippen MR) is 104 cm³/mol. The molecule has 0 spiro atoms. The quantitative estimate of drug-likeness (QED) is 0.758. The lowest BCUT2D eigenvalue weighted by atomic mass is 10.1. The molecule has 2 aromatic carbocycles. The fraction of sp³-hybridized carbons (Fsp3) is 0.263. The van der Waals surface area contributed by atoms with Gasteiger partial charge in [0.1, 0.15) is 5.75 Å². The zero-order chi connectivity index (χ0) is 17.6. The van der Waals surface area contributed by atoms with E-state index in [1.54, 1.807) is 4.90 Å². The number of carbonyl (C=O) groups is 2. The molecule has 26 heavy (non-hydrogen) atoms. The summed E-state index contributed by atoms with van der Waals surface area (Å²) in [6.45, 7) is 0.902. The summed E-state index contributed by atoms with van der Waals surface area (Å²) < 4.78 is 5.39. The van der Waals surface area contributed by atoms with Gasteiger partial charge in [0.15, 0.2) is 6.61 Å². The molecule has 7 heteroatoms. The standard InChI is InChI=1S/C19H21N3O3.ClH/c20-15-7-5-14(6-8-15)9-11-21-18(23)10-12-22-16-3-1-2-4-17(16)25-13-19(22)24;/h1-8H,9-13,20H2,(H,21,23);1H. The van der Waals surface area contributed by atoms with Crippen LogP contribution >= 0.6 is 12.4 Å². The van der Waals surface area contributed by atoms with Crippen molar-refractivity contribution in [1.29, 1.82) is 0 Å². The van der Waals surface area contributed by atoms with Crippen molar-refractivity contribution in [3.63, 3.8) is 0 Å². The number of nitrogens with zero attached hydrogens (tertiary/aromatic N) is 1. The predicted octanol–water partition coefficient (Wildman–Crippen LogP) is 2.17. The number of rotatable bonds is 6. The molecule has 0 radical (unpaired) electrons. The van der Waals surface area contributed by atoms with Crippen molar-refractivity contribution in [3.05, 3.63) is 54.1 Å². The van der Waals surface area contributed by atoms with Gasteiger partial charge in [0.25, 0.3) is 5.91 Å². The van der Waals surface area contributed by atoms with Gasteiger partial charge in [-0.3, -0.25) is 9.59 Å². The van der Waals surface area contributed by atoms with Gasteiger partial charge in [0, 0.05) is 25.2 Å². The zero-order valence-electron chi connectivity index (χ0n) is 14.3. The molecule has 0 saturated carbocycles. The molecule has 1 aliphatic rings. The number of para-hydroxylation sites is 2. The van der Waals surface area contributed by atoms with Crippen molar-refractivity contribution in [2.75, 3.05) is 30.3 Å². The molecule has 2 amide bonds. The Morgan fingerprint density at radius 3 is 2.65 bits per heavy atom. The smallest absolute Gasteiger partial charge is 0.265 e. The number of hydrogen-bond acceptors (Lipinski definition) is 4. The van der Waals surface area contributed by atoms with E-state index in [1.165, 1.54) is 0 Å². The fourth-order valence-corrected chi connectivity index (χ4v) is 2.73. The average molecular weight is 376 g/mol. The third-order valence-corrected chi connectivity index (χ3v) is 4.09. The van der Waals surface area contributed by atoms with Gasteiger partial charge in [-0.25, -0.2) is 0 Å². The lowest BCUT2D eigenvalue weighted by Gasteiger charge is -2.29. The monoisotopic (exact) mass is 375 g/mol. The third kappa shape index (κ3) is 4.89. The van der Waals surface area contributed by atoms with Crippen LogP contribution in [0.2, 0.25) is 0 Å². The number of nitrogens with two attached hydrogens (primary N) is 1. The average Bonchev–Trinajstić information content (AvgIpc) is 2.62. The summed E-state index contributed by atoms with van der Waals surface area (Å²) in [6.07, 6.45) is 0.993. The molecule has 0 aromatic heterocycles. The van der Waals surface area contributed by atoms with Crippen molar-refractivity contribution in [2.24, 2.45) is 0 Å². The van der Waals surface area contributed by atoms with Crippen LogP contribution in [0.15, 0.2) is 48.5 Å². The first-order chi connectivity index (χ1) is 12.1. The van der Waals surface area contributed by atoms with Gasteiger partial charge in [-0.1, -0.05) is 24.3 Å². The number of amides is 2. The van der Waals surface area contributed by atoms with Crippen LogP contribution in [0.5, 0.6) is 5.75 Å². The van der Waals surface area contributed by atoms with E-state index < -0.39 is 0 Å². The maximum atomic E-state index is 12.1. The highest BCUT2D eigenvalue weighted by Crippen LogP contribution is 2.31. The minimum Gasteiger partial charge on any atom is -0.482 e. The molecule has 0 aliphatic carbocycles. The van der Waals surface area contributed by atoms with E-state index in [4.69, 9.17) is 10.5 Å². The van der Waals surface area contributed by atoms with E-state index >= 15 is 0 Å². The third-order valence-electron chi connectivity index (χ3n) is 4.09. The Morgan fingerprint density at radius 1 is 1.15 bits per heavy atom. The summed E-state index contributed by atoms with van der Waals surface area (Å²) >= 11 is 0. The van der Waals surface area contributed by atoms with Crippen molar-refractivity contribution >= 4 is 35.6 Å². The molecule has 3 N–H and O–H groups in total. The van der Waals surface area contributed by atoms with Crippen molar-refractivity contribution in [3.8, 4) is 5.75 Å². The molecule has 0 unspecified atom stereocenters. The summed E-state index contributed by atoms with van der Waals surface area (Å²) in [5.74, 6) is 0.464. The van der Waals surface area contributed by atoms with Crippen LogP contribution < -0.4 is 20.7 Å². The molecule has 0 saturated heterocycles. The van der Waals surface area contributed by atoms with Crippen LogP contribution in [-0.2, 0) is 16.0 Å². The maximum Gasteiger partial charge on any atom is 0.265 e. The first-order valence-electron chi connectivity index (χ1n) is 8.27. The molecule has 1 aliphatic heterocycles. The van der Waals surface area contributed by atoms with Gasteiger partial charge in [-0.05, 0) is 36.2 Å². The second-order valence-electron chi connectivity index (χ2n) is 5.89. The molecule has 1 heterocycles. The van der Waals surface area contributed by atoms with Crippen LogP contribution in [0.1, 0.15) is 12.0 Å². The van der Waals surface area contributed by atoms with Gasteiger partial charge in [0.05, 0.1) is 5.69 Å². The Labute approximate surface area is 158 Å². The highest BCUT2D eigenvalue weighted by Gasteiger charge is 2.25. The molecule has 0 atom stereocenters. The minimum atomic E-state index is -0.131. The molecular formula is C19H22ClN3O3. The van der Waals surface area contributed by atoms with Gasteiger partial charge in [-0.15, -0.1) is 12.4 Å². The van der Waals surface area contributed by atoms with Gasteiger partial charge < -0.3 is 20.7 Å². The first kappa shape index (κ1) is 19.6. The number of carbonyl (C=O) groups excluding carboxylic acids is 2. The molecule has 6 nitrogen and oxygen atoms in total. The summed E-state index contributed by atoms with van der Waals surface area (Å²) in [6, 6.07) is 14.9. The normalized spacial score (nSPS) is 12.6. The van der Waals surface area contributed by atoms with E-state index in [0.29, 0.717) is 24.5 Å². The summed E-state index contributed by atoms with van der Waals surface area (Å²) in [5, 5.41) is 2.88. The largest absolute Gasteiger partial charge is 0.482 e. The summed E-state index contributed by atoms with van der Waals surface area (Å²) in [5.41, 5.74) is 8.21. The van der Waals surface area contributed by atoms with Crippen LogP contribution in [0.4, 0.5) is 11.4 Å².